The number of nitrogens with zero attached hydrogens (tertiary/aromatic N) is 1. The molecule has 4 aliphatic carbocycles. The maximum atomic E-state index is 12.7. The molecule has 0 saturated heterocycles. The number of nitrogens with one attached hydrogen (secondary N) is 2. The number of para-hydroxylation sites is 1. The molecule has 1 unspecified atom stereocenters. The molecule has 5 nitrogen and oxygen atoms in total. The smallest absolute Gasteiger partial charge is 0.267 e. The van der Waals surface area contributed by atoms with E-state index in [0.29, 0.717) is 16.9 Å². The lowest BCUT2D eigenvalue weighted by molar-refractivity contribution is -0.112. The minimum Gasteiger partial charge on any atom is -0.457 e. The summed E-state index contributed by atoms with van der Waals surface area (Å²) in [6.45, 7) is 2.22. The van der Waals surface area contributed by atoms with Gasteiger partial charge in [-0.3, -0.25) is 4.79 Å². The van der Waals surface area contributed by atoms with Crippen molar-refractivity contribution in [3.05, 3.63) is 66.4 Å². The summed E-state index contributed by atoms with van der Waals surface area (Å²) in [7, 11) is 0. The molecule has 2 aromatic carbocycles. The second-order valence-electron chi connectivity index (χ2n) is 10.2. The molecule has 0 aromatic heterocycles. The van der Waals surface area contributed by atoms with Gasteiger partial charge in [0.25, 0.3) is 5.91 Å². The van der Waals surface area contributed by atoms with Crippen LogP contribution in [0.4, 0.5) is 5.69 Å². The number of hydrogen-bond acceptors (Lipinski definition) is 4. The predicted molar refractivity (Wildman–Crippen MR) is 128 cm³/mol. The molecule has 0 aliphatic heterocycles. The molecule has 5 heteroatoms. The van der Waals surface area contributed by atoms with Gasteiger partial charge in [0.1, 0.15) is 23.1 Å². The zero-order valence-corrected chi connectivity index (χ0v) is 19.1. The molecule has 2 aromatic rings. The van der Waals surface area contributed by atoms with E-state index in [2.05, 4.69) is 23.6 Å². The van der Waals surface area contributed by atoms with Gasteiger partial charge in [-0.05, 0) is 105 Å². The van der Waals surface area contributed by atoms with E-state index < -0.39 is 5.91 Å². The Balaban J connectivity index is 1.19. The normalized spacial score (nSPS) is 28.6. The minimum absolute atomic E-state index is 0.0937. The monoisotopic (exact) mass is 441 g/mol. The Hall–Kier alpha value is -3.26. The van der Waals surface area contributed by atoms with Crippen molar-refractivity contribution >= 4 is 11.6 Å². The van der Waals surface area contributed by atoms with Crippen LogP contribution >= 0.6 is 0 Å². The van der Waals surface area contributed by atoms with Crippen LogP contribution in [0.1, 0.15) is 45.4 Å². The topological polar surface area (TPSA) is 74.2 Å². The summed E-state index contributed by atoms with van der Waals surface area (Å²) in [6, 6.07) is 19.0. The van der Waals surface area contributed by atoms with Crippen LogP contribution in [0.15, 0.2) is 66.4 Å². The first-order chi connectivity index (χ1) is 16.0. The van der Waals surface area contributed by atoms with Crippen molar-refractivity contribution in [2.45, 2.75) is 51.5 Å². The van der Waals surface area contributed by atoms with Gasteiger partial charge in [-0.25, -0.2) is 0 Å². The number of hydrogen-bond donors (Lipinski definition) is 2. The second kappa shape index (κ2) is 8.94. The summed E-state index contributed by atoms with van der Waals surface area (Å²) < 4.78 is 5.79. The number of carbonyl (C=O) groups excluding carboxylic acids is 1. The lowest BCUT2D eigenvalue weighted by Gasteiger charge is -2.59. The summed E-state index contributed by atoms with van der Waals surface area (Å²) in [4.78, 5) is 12.7. The number of nitriles is 1. The fraction of sp³-hybridized carbons (Fsp3) is 0.429. The Kier molecular flexibility index (Phi) is 5.85. The van der Waals surface area contributed by atoms with Crippen molar-refractivity contribution < 1.29 is 9.53 Å². The molecule has 0 spiro atoms. The van der Waals surface area contributed by atoms with Gasteiger partial charge < -0.3 is 15.4 Å². The molecule has 4 fully saturated rings. The first-order valence-electron chi connectivity index (χ1n) is 12.0. The fourth-order valence-corrected chi connectivity index (χ4v) is 6.67. The first-order valence-corrected chi connectivity index (χ1v) is 12.0. The Morgan fingerprint density at radius 1 is 1.00 bits per heavy atom. The number of ether oxygens (including phenoxy) is 1. The SMILES string of the molecule is CC(N/C=C(/C#N)C(=O)Nc1ccc(Oc2ccccc2)cc1)C12CC3CC(CC(C3)C1)C2. The van der Waals surface area contributed by atoms with Crippen LogP contribution < -0.4 is 15.4 Å². The summed E-state index contributed by atoms with van der Waals surface area (Å²) in [5.41, 5.74) is 1.03. The van der Waals surface area contributed by atoms with Crippen molar-refractivity contribution in [3.8, 4) is 17.6 Å². The zero-order chi connectivity index (χ0) is 22.8. The highest BCUT2D eigenvalue weighted by atomic mass is 16.5. The van der Waals surface area contributed by atoms with Gasteiger partial charge in [-0.15, -0.1) is 0 Å². The molecule has 4 bridgehead atoms. The van der Waals surface area contributed by atoms with Crippen LogP contribution in [-0.2, 0) is 4.79 Å². The summed E-state index contributed by atoms with van der Waals surface area (Å²) in [6.07, 6.45) is 9.69. The molecule has 1 amide bonds. The zero-order valence-electron chi connectivity index (χ0n) is 19.1. The van der Waals surface area contributed by atoms with Gasteiger partial charge >= 0.3 is 0 Å². The maximum absolute atomic E-state index is 12.7. The maximum Gasteiger partial charge on any atom is 0.267 e. The minimum atomic E-state index is -0.403. The second-order valence-corrected chi connectivity index (χ2v) is 10.2. The number of amides is 1. The number of rotatable bonds is 7. The molecule has 1 atom stereocenters. The van der Waals surface area contributed by atoms with Crippen LogP contribution in [0.25, 0.3) is 0 Å². The summed E-state index contributed by atoms with van der Waals surface area (Å²) in [5, 5.41) is 15.8. The Morgan fingerprint density at radius 2 is 1.58 bits per heavy atom. The van der Waals surface area contributed by atoms with E-state index in [-0.39, 0.29) is 11.6 Å². The van der Waals surface area contributed by atoms with Gasteiger partial charge in [-0.1, -0.05) is 18.2 Å². The molecule has 170 valence electrons. The average Bonchev–Trinajstić information content (AvgIpc) is 2.80. The molecule has 4 aliphatic rings. The van der Waals surface area contributed by atoms with Gasteiger partial charge in [0.05, 0.1) is 0 Å². The van der Waals surface area contributed by atoms with Crippen LogP contribution in [0.5, 0.6) is 11.5 Å². The molecule has 0 heterocycles. The largest absolute Gasteiger partial charge is 0.457 e. The highest BCUT2D eigenvalue weighted by Gasteiger charge is 2.53. The summed E-state index contributed by atoms with van der Waals surface area (Å²) >= 11 is 0. The van der Waals surface area contributed by atoms with Crippen molar-refractivity contribution in [1.82, 2.24) is 5.32 Å². The van der Waals surface area contributed by atoms with E-state index in [0.717, 1.165) is 23.5 Å². The third-order valence-corrected chi connectivity index (χ3v) is 7.94. The van der Waals surface area contributed by atoms with Gasteiger partial charge in [0, 0.05) is 17.9 Å². The summed E-state index contributed by atoms with van der Waals surface area (Å²) in [5.74, 6) is 3.65. The number of carbonyl (C=O) groups is 1. The number of benzene rings is 2. The third-order valence-electron chi connectivity index (χ3n) is 7.94. The van der Waals surface area contributed by atoms with Crippen LogP contribution in [0.3, 0.4) is 0 Å². The third kappa shape index (κ3) is 4.61. The van der Waals surface area contributed by atoms with E-state index in [1.54, 1.807) is 30.5 Å². The van der Waals surface area contributed by atoms with E-state index in [9.17, 15) is 10.1 Å². The molecule has 0 radical (unpaired) electrons. The highest BCUT2D eigenvalue weighted by Crippen LogP contribution is 2.61. The van der Waals surface area contributed by atoms with Crippen molar-refractivity contribution in [2.24, 2.45) is 23.2 Å². The lowest BCUT2D eigenvalue weighted by Crippen LogP contribution is -2.54. The van der Waals surface area contributed by atoms with Crippen molar-refractivity contribution in [2.75, 3.05) is 5.32 Å². The van der Waals surface area contributed by atoms with E-state index in [1.807, 2.05) is 30.3 Å². The quantitative estimate of drug-likeness (QED) is 0.407. The number of anilines is 1. The van der Waals surface area contributed by atoms with E-state index in [1.165, 1.54) is 38.5 Å². The van der Waals surface area contributed by atoms with E-state index in [4.69, 9.17) is 4.74 Å². The Bertz CT molecular complexity index is 1030. The molecular weight excluding hydrogens is 410 g/mol. The average molecular weight is 442 g/mol. The molecule has 4 saturated carbocycles. The fourth-order valence-electron chi connectivity index (χ4n) is 6.67. The van der Waals surface area contributed by atoms with Crippen LogP contribution in [-0.4, -0.2) is 11.9 Å². The highest BCUT2D eigenvalue weighted by molar-refractivity contribution is 6.06. The van der Waals surface area contributed by atoms with Gasteiger partial charge in [0.15, 0.2) is 0 Å². The Morgan fingerprint density at radius 3 is 2.15 bits per heavy atom. The van der Waals surface area contributed by atoms with Crippen LogP contribution in [0, 0.1) is 34.5 Å². The van der Waals surface area contributed by atoms with Crippen molar-refractivity contribution in [3.63, 3.8) is 0 Å². The first kappa shape index (κ1) is 21.6. The van der Waals surface area contributed by atoms with Gasteiger partial charge in [0.2, 0.25) is 0 Å². The molecular formula is C28H31N3O2. The van der Waals surface area contributed by atoms with Crippen molar-refractivity contribution in [1.29, 1.82) is 5.26 Å². The predicted octanol–water partition coefficient (Wildman–Crippen LogP) is 6.02. The van der Waals surface area contributed by atoms with Gasteiger partial charge in [-0.2, -0.15) is 5.26 Å². The lowest BCUT2D eigenvalue weighted by atomic mass is 9.48. The van der Waals surface area contributed by atoms with E-state index >= 15 is 0 Å². The Labute approximate surface area is 195 Å². The molecule has 6 rings (SSSR count). The molecule has 2 N–H and O–H groups in total. The standard InChI is InChI=1S/C28H31N3O2/c1-19(28-14-20-11-21(15-28)13-22(12-20)16-28)30-18-23(17-29)27(32)31-24-7-9-26(10-8-24)33-25-5-3-2-4-6-25/h2-10,18-22,30H,11-16H2,1H3,(H,31,32)/b23-18-. The molecule has 33 heavy (non-hydrogen) atoms. The van der Waals surface area contributed by atoms with Crippen LogP contribution in [0.2, 0.25) is 0 Å².